The molecule has 7 heteroatoms. The van der Waals surface area contributed by atoms with Crippen molar-refractivity contribution in [2.75, 3.05) is 0 Å². The van der Waals surface area contributed by atoms with Crippen LogP contribution in [0.1, 0.15) is 21.5 Å². The lowest BCUT2D eigenvalue weighted by molar-refractivity contribution is 0.0950. The van der Waals surface area contributed by atoms with E-state index < -0.39 is 5.82 Å². The van der Waals surface area contributed by atoms with E-state index >= 15 is 0 Å². The minimum absolute atomic E-state index is 0.0127. The Bertz CT molecular complexity index is 1170. The van der Waals surface area contributed by atoms with Crippen LogP contribution in [0.25, 0.3) is 5.65 Å². The van der Waals surface area contributed by atoms with Gasteiger partial charge in [0.25, 0.3) is 5.91 Å². The van der Waals surface area contributed by atoms with Crippen molar-refractivity contribution in [1.82, 2.24) is 14.7 Å². The van der Waals surface area contributed by atoms with E-state index in [-0.39, 0.29) is 30.4 Å². The first-order chi connectivity index (χ1) is 14.1. The number of aromatic nitrogens is 2. The summed E-state index contributed by atoms with van der Waals surface area (Å²) in [7, 11) is 0. The minimum Gasteiger partial charge on any atom is -0.489 e. The zero-order valence-corrected chi connectivity index (χ0v) is 15.3. The van der Waals surface area contributed by atoms with Crippen molar-refractivity contribution in [3.05, 3.63) is 102 Å². The van der Waals surface area contributed by atoms with Crippen molar-refractivity contribution in [2.24, 2.45) is 0 Å². The monoisotopic (exact) mass is 393 g/mol. The molecule has 4 aromatic rings. The number of benzene rings is 2. The number of nitrogens with zero attached hydrogens (tertiary/aromatic N) is 2. The summed E-state index contributed by atoms with van der Waals surface area (Å²) in [4.78, 5) is 16.5. The molecule has 0 unspecified atom stereocenters. The van der Waals surface area contributed by atoms with Crippen LogP contribution in [0.4, 0.5) is 8.78 Å². The van der Waals surface area contributed by atoms with Gasteiger partial charge in [0, 0.05) is 41.8 Å². The molecule has 2 heterocycles. The highest BCUT2D eigenvalue weighted by atomic mass is 19.1. The summed E-state index contributed by atoms with van der Waals surface area (Å²) in [5.74, 6) is -0.783. The van der Waals surface area contributed by atoms with Gasteiger partial charge in [-0.2, -0.15) is 0 Å². The van der Waals surface area contributed by atoms with Crippen LogP contribution < -0.4 is 10.1 Å². The zero-order chi connectivity index (χ0) is 20.2. The quantitative estimate of drug-likeness (QED) is 0.536. The Balaban J connectivity index is 1.42. The molecule has 0 aliphatic carbocycles. The van der Waals surface area contributed by atoms with Crippen molar-refractivity contribution < 1.29 is 18.3 Å². The normalized spacial score (nSPS) is 10.8. The predicted octanol–water partition coefficient (Wildman–Crippen LogP) is 4.12. The first-order valence-electron chi connectivity index (χ1n) is 8.96. The summed E-state index contributed by atoms with van der Waals surface area (Å²) < 4.78 is 35.2. The second kappa shape index (κ2) is 8.10. The van der Waals surface area contributed by atoms with E-state index in [0.717, 1.165) is 0 Å². The molecule has 1 amide bonds. The van der Waals surface area contributed by atoms with E-state index in [1.165, 1.54) is 24.3 Å². The van der Waals surface area contributed by atoms with Gasteiger partial charge in [-0.15, -0.1) is 0 Å². The number of hydrogen-bond donors (Lipinski definition) is 1. The molecule has 0 spiro atoms. The topological polar surface area (TPSA) is 55.6 Å². The Kier molecular flexibility index (Phi) is 5.20. The van der Waals surface area contributed by atoms with E-state index in [1.54, 1.807) is 53.3 Å². The fourth-order valence-electron chi connectivity index (χ4n) is 2.88. The van der Waals surface area contributed by atoms with Gasteiger partial charge in [-0.1, -0.05) is 18.2 Å². The minimum atomic E-state index is -0.466. The Hall–Kier alpha value is -3.74. The highest BCUT2D eigenvalue weighted by Gasteiger charge is 2.10. The van der Waals surface area contributed by atoms with Gasteiger partial charge in [0.1, 0.15) is 29.6 Å². The third-order valence-electron chi connectivity index (χ3n) is 4.47. The number of carbonyl (C=O) groups excluding carboxylic acids is 1. The summed E-state index contributed by atoms with van der Waals surface area (Å²) >= 11 is 0. The summed E-state index contributed by atoms with van der Waals surface area (Å²) in [6, 6.07) is 13.8. The van der Waals surface area contributed by atoms with Crippen molar-refractivity contribution in [2.45, 2.75) is 13.2 Å². The molecule has 0 aliphatic rings. The highest BCUT2D eigenvalue weighted by molar-refractivity contribution is 5.94. The van der Waals surface area contributed by atoms with Crippen LogP contribution in [0.2, 0.25) is 0 Å². The molecule has 0 aliphatic heterocycles. The molecule has 0 saturated carbocycles. The Labute approximate surface area is 165 Å². The maximum atomic E-state index is 14.1. The van der Waals surface area contributed by atoms with Crippen LogP contribution in [-0.4, -0.2) is 15.3 Å². The molecule has 1 N–H and O–H groups in total. The lowest BCUT2D eigenvalue weighted by Gasteiger charge is -2.11. The molecule has 2 aromatic heterocycles. The first-order valence-corrected chi connectivity index (χ1v) is 8.96. The third-order valence-corrected chi connectivity index (χ3v) is 4.47. The van der Waals surface area contributed by atoms with Crippen molar-refractivity contribution in [3.8, 4) is 5.75 Å². The molecular weight excluding hydrogens is 376 g/mol. The molecule has 0 saturated heterocycles. The summed E-state index contributed by atoms with van der Waals surface area (Å²) in [6.45, 7) is 0.00954. The van der Waals surface area contributed by atoms with Gasteiger partial charge in [-0.25, -0.2) is 13.8 Å². The Morgan fingerprint density at radius 1 is 1.00 bits per heavy atom. The van der Waals surface area contributed by atoms with Gasteiger partial charge in [-0.3, -0.25) is 4.79 Å². The average molecular weight is 393 g/mol. The molecule has 5 nitrogen and oxygen atoms in total. The van der Waals surface area contributed by atoms with E-state index in [2.05, 4.69) is 10.3 Å². The molecule has 0 atom stereocenters. The van der Waals surface area contributed by atoms with Gasteiger partial charge in [0.15, 0.2) is 0 Å². The lowest BCUT2D eigenvalue weighted by atomic mass is 10.2. The smallest absolute Gasteiger partial charge is 0.251 e. The maximum Gasteiger partial charge on any atom is 0.251 e. The summed E-state index contributed by atoms with van der Waals surface area (Å²) in [6.07, 6.45) is 5.15. The highest BCUT2D eigenvalue weighted by Crippen LogP contribution is 2.19. The van der Waals surface area contributed by atoms with Gasteiger partial charge in [0.2, 0.25) is 0 Å². The lowest BCUT2D eigenvalue weighted by Crippen LogP contribution is -2.23. The first kappa shape index (κ1) is 18.6. The van der Waals surface area contributed by atoms with E-state index in [9.17, 15) is 13.6 Å². The van der Waals surface area contributed by atoms with Gasteiger partial charge < -0.3 is 14.5 Å². The summed E-state index contributed by atoms with van der Waals surface area (Å²) in [5.41, 5.74) is 1.75. The fourth-order valence-corrected chi connectivity index (χ4v) is 2.88. The van der Waals surface area contributed by atoms with Crippen LogP contribution in [0, 0.1) is 11.6 Å². The number of amides is 1. The van der Waals surface area contributed by atoms with Gasteiger partial charge in [-0.05, 0) is 36.4 Å². The van der Waals surface area contributed by atoms with E-state index in [4.69, 9.17) is 4.74 Å². The molecule has 2 aromatic carbocycles. The van der Waals surface area contributed by atoms with Crippen molar-refractivity contribution in [3.63, 3.8) is 0 Å². The standard InChI is InChI=1S/C22H17F2N3O2/c23-19-4-2-1-3-16(19)14-29-18-5-6-20(24)17(11-18)13-26-22(28)15-7-9-27-10-8-25-21(27)12-15/h1-12H,13-14H2,(H,26,28). The second-order valence-electron chi connectivity index (χ2n) is 6.42. The predicted molar refractivity (Wildman–Crippen MR) is 103 cm³/mol. The van der Waals surface area contributed by atoms with Crippen LogP contribution in [0.15, 0.2) is 73.2 Å². The van der Waals surface area contributed by atoms with Crippen LogP contribution in [0.5, 0.6) is 5.75 Å². The van der Waals surface area contributed by atoms with Crippen molar-refractivity contribution in [1.29, 1.82) is 0 Å². The second-order valence-corrected chi connectivity index (χ2v) is 6.42. The number of imidazole rings is 1. The van der Waals surface area contributed by atoms with Crippen LogP contribution >= 0.6 is 0 Å². The largest absolute Gasteiger partial charge is 0.489 e. The average Bonchev–Trinajstić information content (AvgIpc) is 3.21. The number of halogens is 2. The SMILES string of the molecule is O=C(NCc1cc(OCc2ccccc2F)ccc1F)c1ccn2ccnc2c1. The van der Waals surface area contributed by atoms with Crippen LogP contribution in [0.3, 0.4) is 0 Å². The number of fused-ring (bicyclic) bond motifs is 1. The molecule has 0 bridgehead atoms. The summed E-state index contributed by atoms with van der Waals surface area (Å²) in [5, 5.41) is 2.69. The molecule has 146 valence electrons. The maximum absolute atomic E-state index is 14.1. The number of hydrogen-bond acceptors (Lipinski definition) is 3. The fraction of sp³-hybridized carbons (Fsp3) is 0.0909. The van der Waals surface area contributed by atoms with Gasteiger partial charge >= 0.3 is 0 Å². The molecular formula is C22H17F2N3O2. The number of rotatable bonds is 6. The van der Waals surface area contributed by atoms with E-state index in [0.29, 0.717) is 22.5 Å². The molecule has 0 fully saturated rings. The molecule has 0 radical (unpaired) electrons. The number of nitrogens with one attached hydrogen (secondary N) is 1. The van der Waals surface area contributed by atoms with Crippen molar-refractivity contribution >= 4 is 11.6 Å². The van der Waals surface area contributed by atoms with Crippen LogP contribution in [-0.2, 0) is 13.2 Å². The van der Waals surface area contributed by atoms with Gasteiger partial charge in [0.05, 0.1) is 0 Å². The Morgan fingerprint density at radius 3 is 2.69 bits per heavy atom. The number of carbonyl (C=O) groups is 1. The Morgan fingerprint density at radius 2 is 1.83 bits per heavy atom. The van der Waals surface area contributed by atoms with E-state index in [1.807, 2.05) is 0 Å². The number of pyridine rings is 1. The molecule has 29 heavy (non-hydrogen) atoms. The number of ether oxygens (including phenoxy) is 1. The third kappa shape index (κ3) is 4.24. The zero-order valence-electron chi connectivity index (χ0n) is 15.3. The molecule has 4 rings (SSSR count).